The van der Waals surface area contributed by atoms with Gasteiger partial charge in [0.05, 0.1) is 27.0 Å². The summed E-state index contributed by atoms with van der Waals surface area (Å²) in [7, 11) is 0. The molecule has 3 heterocycles. The quantitative estimate of drug-likeness (QED) is 0.388. The summed E-state index contributed by atoms with van der Waals surface area (Å²) in [5.41, 5.74) is -1.62. The molecule has 34 heavy (non-hydrogen) atoms. The number of rotatable bonds is 4. The highest BCUT2D eigenvalue weighted by molar-refractivity contribution is 5.98. The van der Waals surface area contributed by atoms with Gasteiger partial charge in [-0.05, 0) is 47.5 Å². The SMILES string of the molecule is [2H]C1([2H])c2ncccc2C(=O)N1Cc1c(F)cc(-c2ccc(OC(F)(F)F)c3nn(C([2H])([2H])[2H])cc23)cc1F. The van der Waals surface area contributed by atoms with E-state index in [1.54, 1.807) is 0 Å². The second-order valence-electron chi connectivity index (χ2n) is 7.32. The van der Waals surface area contributed by atoms with Crippen LogP contribution in [0.15, 0.2) is 48.8 Å². The summed E-state index contributed by atoms with van der Waals surface area (Å²) in [5.74, 6) is -3.98. The van der Waals surface area contributed by atoms with Crippen LogP contribution in [-0.4, -0.2) is 31.9 Å². The molecule has 0 bridgehead atoms. The predicted octanol–water partition coefficient (Wildman–Crippen LogP) is 4.97. The first-order valence-electron chi connectivity index (χ1n) is 12.1. The number of aryl methyl sites for hydroxylation is 1. The van der Waals surface area contributed by atoms with Crippen LogP contribution in [-0.2, 0) is 20.0 Å². The molecule has 2 aromatic heterocycles. The van der Waals surface area contributed by atoms with E-state index in [1.807, 2.05) is 0 Å². The molecule has 1 aliphatic heterocycles. The molecule has 0 N–H and O–H groups in total. The molecular formula is C23H15F5N4O2. The van der Waals surface area contributed by atoms with Gasteiger partial charge < -0.3 is 9.64 Å². The van der Waals surface area contributed by atoms with Crippen molar-refractivity contribution in [2.75, 3.05) is 0 Å². The minimum Gasteiger partial charge on any atom is -0.403 e. The Bertz CT molecular complexity index is 1610. The molecule has 1 aliphatic rings. The minimum atomic E-state index is -5.12. The summed E-state index contributed by atoms with van der Waals surface area (Å²) >= 11 is 0. The molecule has 6 nitrogen and oxygen atoms in total. The summed E-state index contributed by atoms with van der Waals surface area (Å²) in [6.45, 7) is -6.11. The molecule has 0 fully saturated rings. The number of amides is 1. The van der Waals surface area contributed by atoms with Crippen LogP contribution >= 0.6 is 0 Å². The lowest BCUT2D eigenvalue weighted by molar-refractivity contribution is -0.274. The van der Waals surface area contributed by atoms with Crippen LogP contribution in [0.3, 0.4) is 0 Å². The molecule has 0 saturated heterocycles. The fourth-order valence-electron chi connectivity index (χ4n) is 3.71. The summed E-state index contributed by atoms with van der Waals surface area (Å²) < 4.78 is 113. The maximum atomic E-state index is 15.3. The molecule has 0 spiro atoms. The van der Waals surface area contributed by atoms with Crippen molar-refractivity contribution >= 4 is 16.8 Å². The number of benzene rings is 2. The van der Waals surface area contributed by atoms with E-state index in [1.165, 1.54) is 18.3 Å². The third-order valence-electron chi connectivity index (χ3n) is 5.16. The molecule has 0 saturated carbocycles. The fraction of sp³-hybridized carbons (Fsp3) is 0.174. The zero-order valence-electron chi connectivity index (χ0n) is 21.8. The van der Waals surface area contributed by atoms with Crippen LogP contribution < -0.4 is 4.74 Å². The van der Waals surface area contributed by atoms with E-state index < -0.39 is 60.8 Å². The van der Waals surface area contributed by atoms with E-state index in [-0.39, 0.29) is 27.8 Å². The smallest absolute Gasteiger partial charge is 0.403 e. The molecular weight excluding hydrogens is 459 g/mol. The van der Waals surface area contributed by atoms with Crippen LogP contribution in [0.2, 0.25) is 0 Å². The highest BCUT2D eigenvalue weighted by Crippen LogP contribution is 2.37. The molecule has 2 aromatic carbocycles. The van der Waals surface area contributed by atoms with Gasteiger partial charge in [0.25, 0.3) is 5.91 Å². The number of carbonyl (C=O) groups excluding carboxylic acids is 1. The number of hydrogen-bond acceptors (Lipinski definition) is 4. The average molecular weight is 479 g/mol. The summed E-state index contributed by atoms with van der Waals surface area (Å²) in [6, 6.07) is 6.35. The fourth-order valence-corrected chi connectivity index (χ4v) is 3.71. The maximum absolute atomic E-state index is 15.3. The zero-order valence-corrected chi connectivity index (χ0v) is 16.8. The van der Waals surface area contributed by atoms with E-state index in [9.17, 15) is 18.0 Å². The van der Waals surface area contributed by atoms with Crippen molar-refractivity contribution in [1.82, 2.24) is 19.7 Å². The van der Waals surface area contributed by atoms with E-state index >= 15 is 8.78 Å². The van der Waals surface area contributed by atoms with Crippen LogP contribution in [0.25, 0.3) is 22.0 Å². The zero-order chi connectivity index (χ0) is 28.5. The molecule has 0 atom stereocenters. The Morgan fingerprint density at radius 3 is 2.62 bits per heavy atom. The molecule has 4 aromatic rings. The molecule has 0 radical (unpaired) electrons. The Morgan fingerprint density at radius 1 is 1.18 bits per heavy atom. The summed E-state index contributed by atoms with van der Waals surface area (Å²) in [6.07, 6.45) is -2.93. The van der Waals surface area contributed by atoms with Crippen molar-refractivity contribution in [3.63, 3.8) is 0 Å². The lowest BCUT2D eigenvalue weighted by Crippen LogP contribution is -2.24. The van der Waals surface area contributed by atoms with Gasteiger partial charge in [-0.15, -0.1) is 13.2 Å². The Balaban J connectivity index is 1.57. The lowest BCUT2D eigenvalue weighted by Gasteiger charge is -2.17. The second kappa shape index (κ2) is 7.79. The van der Waals surface area contributed by atoms with E-state index in [2.05, 4.69) is 14.8 Å². The Kier molecular flexibility index (Phi) is 3.79. The molecule has 5 rings (SSSR count). The van der Waals surface area contributed by atoms with E-state index in [4.69, 9.17) is 6.85 Å². The van der Waals surface area contributed by atoms with Crippen LogP contribution in [0.4, 0.5) is 22.0 Å². The average Bonchev–Trinajstić information content (AvgIpc) is 3.35. The van der Waals surface area contributed by atoms with Gasteiger partial charge in [-0.2, -0.15) is 5.10 Å². The van der Waals surface area contributed by atoms with Crippen LogP contribution in [0, 0.1) is 11.6 Å². The van der Waals surface area contributed by atoms with Gasteiger partial charge in [0.2, 0.25) is 0 Å². The molecule has 174 valence electrons. The first-order chi connectivity index (χ1) is 18.1. The van der Waals surface area contributed by atoms with Crippen molar-refractivity contribution in [2.24, 2.45) is 6.98 Å². The van der Waals surface area contributed by atoms with Crippen LogP contribution in [0.5, 0.6) is 5.75 Å². The van der Waals surface area contributed by atoms with Gasteiger partial charge in [0, 0.05) is 34.4 Å². The number of fused-ring (bicyclic) bond motifs is 2. The number of halogens is 5. The topological polar surface area (TPSA) is 60.3 Å². The third kappa shape index (κ3) is 3.82. The van der Waals surface area contributed by atoms with Gasteiger partial charge in [-0.25, -0.2) is 8.78 Å². The number of pyridine rings is 1. The van der Waals surface area contributed by atoms with E-state index in [0.29, 0.717) is 9.58 Å². The van der Waals surface area contributed by atoms with Crippen molar-refractivity contribution in [1.29, 1.82) is 0 Å². The first kappa shape index (κ1) is 16.6. The second-order valence-corrected chi connectivity index (χ2v) is 7.32. The lowest BCUT2D eigenvalue weighted by atomic mass is 9.99. The summed E-state index contributed by atoms with van der Waals surface area (Å²) in [5, 5.41) is 3.49. The highest BCUT2D eigenvalue weighted by atomic mass is 19.4. The monoisotopic (exact) mass is 479 g/mol. The van der Waals surface area contributed by atoms with Gasteiger partial charge in [0.1, 0.15) is 17.2 Å². The number of nitrogens with zero attached hydrogens (tertiary/aromatic N) is 4. The Morgan fingerprint density at radius 2 is 1.94 bits per heavy atom. The summed E-state index contributed by atoms with van der Waals surface area (Å²) in [4.78, 5) is 17.3. The molecule has 0 aliphatic carbocycles. The van der Waals surface area contributed by atoms with Crippen molar-refractivity contribution < 1.29 is 38.3 Å². The normalized spacial score (nSPS) is 17.6. The van der Waals surface area contributed by atoms with Crippen molar-refractivity contribution in [3.05, 3.63) is 77.2 Å². The number of ether oxygens (including phenoxy) is 1. The van der Waals surface area contributed by atoms with E-state index in [0.717, 1.165) is 30.5 Å². The van der Waals surface area contributed by atoms with Crippen molar-refractivity contribution in [3.8, 4) is 16.9 Å². The Hall–Kier alpha value is -4.02. The van der Waals surface area contributed by atoms with Gasteiger partial charge in [-0.1, -0.05) is 0 Å². The largest absolute Gasteiger partial charge is 0.573 e. The molecule has 11 heteroatoms. The van der Waals surface area contributed by atoms with Crippen LogP contribution in [0.1, 0.15) is 28.5 Å². The Labute approximate surface area is 196 Å². The predicted molar refractivity (Wildman–Crippen MR) is 111 cm³/mol. The minimum absolute atomic E-state index is 0.0465. The number of aromatic nitrogens is 3. The third-order valence-corrected chi connectivity index (χ3v) is 5.16. The number of alkyl halides is 3. The van der Waals surface area contributed by atoms with Crippen molar-refractivity contribution in [2.45, 2.75) is 19.4 Å². The molecule has 1 amide bonds. The number of hydrogen-bond donors (Lipinski definition) is 0. The van der Waals surface area contributed by atoms with Gasteiger partial charge in [0.15, 0.2) is 5.75 Å². The first-order valence-corrected chi connectivity index (χ1v) is 9.62. The van der Waals surface area contributed by atoms with Gasteiger partial charge >= 0.3 is 6.36 Å². The maximum Gasteiger partial charge on any atom is 0.573 e. The standard InChI is InChI=1S/C23H15F5N4O2/c1-31-9-15-13(4-5-20(21(15)30-31)34-23(26,27)28)12-7-17(24)16(18(25)8-12)10-32-11-19-14(22(32)33)3-2-6-29-19/h2-9H,10-11H2,1H3/i1D3,11D2. The number of carbonyl (C=O) groups is 1. The van der Waals surface area contributed by atoms with Gasteiger partial charge in [-0.3, -0.25) is 14.5 Å². The molecule has 0 unspecified atom stereocenters. The highest BCUT2D eigenvalue weighted by Gasteiger charge is 2.33.